The maximum absolute atomic E-state index is 13.2. The Balaban J connectivity index is 1.51. The first-order valence-electron chi connectivity index (χ1n) is 10.9. The van der Waals surface area contributed by atoms with Crippen LogP contribution in [0.15, 0.2) is 47.4 Å². The number of methoxy groups -OCH3 is 1. The number of rotatable bonds is 9. The van der Waals surface area contributed by atoms with E-state index in [1.165, 1.54) is 12.1 Å². The van der Waals surface area contributed by atoms with E-state index in [1.807, 2.05) is 0 Å². The average Bonchev–Trinajstić information content (AvgIpc) is 3.17. The van der Waals surface area contributed by atoms with Crippen LogP contribution in [0.5, 0.6) is 5.75 Å². The normalized spacial score (nSPS) is 23.5. The largest absolute Gasteiger partial charge is 0.487 e. The molecule has 1 amide bonds. The molecule has 0 bridgehead atoms. The van der Waals surface area contributed by atoms with Gasteiger partial charge in [-0.15, -0.1) is 0 Å². The second-order valence-corrected chi connectivity index (χ2v) is 9.95. The van der Waals surface area contributed by atoms with Gasteiger partial charge in [0, 0.05) is 30.8 Å². The van der Waals surface area contributed by atoms with Gasteiger partial charge >= 0.3 is 0 Å². The summed E-state index contributed by atoms with van der Waals surface area (Å²) in [6.07, 6.45) is -0.913. The molecule has 4 atom stereocenters. The summed E-state index contributed by atoms with van der Waals surface area (Å²) in [6.45, 7) is 0.515. The molecule has 0 aliphatic carbocycles. The van der Waals surface area contributed by atoms with Crippen LogP contribution in [0.25, 0.3) is 0 Å². The maximum atomic E-state index is 13.2. The Kier molecular flexibility index (Phi) is 7.36. The number of ether oxygens (including phenoxy) is 3. The van der Waals surface area contributed by atoms with Gasteiger partial charge in [-0.2, -0.15) is 0 Å². The summed E-state index contributed by atoms with van der Waals surface area (Å²) in [6, 6.07) is 9.48. The first-order valence-corrected chi connectivity index (χ1v) is 12.4. The zero-order chi connectivity index (χ0) is 24.3. The van der Waals surface area contributed by atoms with E-state index >= 15 is 0 Å². The molecule has 34 heavy (non-hydrogen) atoms. The summed E-state index contributed by atoms with van der Waals surface area (Å²) in [5.41, 5.74) is 1.10. The lowest BCUT2D eigenvalue weighted by molar-refractivity contribution is -0.142. The minimum Gasteiger partial charge on any atom is -0.487 e. The lowest BCUT2D eigenvalue weighted by Crippen LogP contribution is -2.47. The van der Waals surface area contributed by atoms with Gasteiger partial charge in [0.1, 0.15) is 23.8 Å². The lowest BCUT2D eigenvalue weighted by Gasteiger charge is -2.37. The Bertz CT molecular complexity index is 1130. The van der Waals surface area contributed by atoms with Gasteiger partial charge in [0.25, 0.3) is 10.0 Å². The number of halogens is 1. The van der Waals surface area contributed by atoms with Crippen LogP contribution in [-0.2, 0) is 24.3 Å². The topological polar surface area (TPSA) is 123 Å². The van der Waals surface area contributed by atoms with Crippen molar-refractivity contribution >= 4 is 21.6 Å². The molecule has 1 saturated heterocycles. The van der Waals surface area contributed by atoms with Gasteiger partial charge in [-0.1, -0.05) is 0 Å². The van der Waals surface area contributed by atoms with E-state index in [9.17, 15) is 22.7 Å². The van der Waals surface area contributed by atoms with E-state index in [2.05, 4.69) is 10.0 Å². The van der Waals surface area contributed by atoms with E-state index in [0.29, 0.717) is 31.0 Å². The zero-order valence-corrected chi connectivity index (χ0v) is 19.4. The van der Waals surface area contributed by atoms with Gasteiger partial charge in [-0.05, 0) is 48.9 Å². The molecule has 9 nitrogen and oxygen atoms in total. The Morgan fingerprint density at radius 2 is 2.00 bits per heavy atom. The number of anilines is 1. The number of hydrogen-bond donors (Lipinski definition) is 3. The van der Waals surface area contributed by atoms with Crippen LogP contribution in [0.2, 0.25) is 0 Å². The van der Waals surface area contributed by atoms with Gasteiger partial charge in [-0.25, -0.2) is 12.8 Å². The Labute approximate surface area is 197 Å². The van der Waals surface area contributed by atoms with Gasteiger partial charge in [0.2, 0.25) is 5.91 Å². The van der Waals surface area contributed by atoms with Crippen LogP contribution in [0.4, 0.5) is 10.1 Å². The fraction of sp³-hybridized carbons (Fsp3) is 0.435. The molecule has 0 aromatic heterocycles. The Morgan fingerprint density at radius 1 is 1.24 bits per heavy atom. The van der Waals surface area contributed by atoms with Crippen molar-refractivity contribution in [3.05, 3.63) is 53.8 Å². The second-order valence-electron chi connectivity index (χ2n) is 8.26. The van der Waals surface area contributed by atoms with Gasteiger partial charge in [-0.3, -0.25) is 9.52 Å². The number of sulfonamides is 1. The predicted octanol–water partition coefficient (Wildman–Crippen LogP) is 1.77. The number of amides is 1. The Hall–Kier alpha value is -2.73. The van der Waals surface area contributed by atoms with Crippen molar-refractivity contribution in [1.29, 1.82) is 0 Å². The third-order valence-electron chi connectivity index (χ3n) is 5.92. The van der Waals surface area contributed by atoms with E-state index in [1.54, 1.807) is 25.3 Å². The van der Waals surface area contributed by atoms with Crippen molar-refractivity contribution < 1.29 is 36.9 Å². The van der Waals surface area contributed by atoms with E-state index < -0.39 is 34.2 Å². The second kappa shape index (κ2) is 10.3. The molecule has 0 spiro atoms. The van der Waals surface area contributed by atoms with Crippen molar-refractivity contribution in [3.63, 3.8) is 0 Å². The summed E-state index contributed by atoms with van der Waals surface area (Å²) >= 11 is 0. The molecule has 1 fully saturated rings. The highest BCUT2D eigenvalue weighted by molar-refractivity contribution is 7.92. The van der Waals surface area contributed by atoms with Crippen molar-refractivity contribution in [2.75, 3.05) is 31.6 Å². The third-order valence-corrected chi connectivity index (χ3v) is 7.31. The molecule has 3 N–H and O–H groups in total. The maximum Gasteiger partial charge on any atom is 0.261 e. The summed E-state index contributed by atoms with van der Waals surface area (Å²) in [5.74, 6) is -0.323. The van der Waals surface area contributed by atoms with Crippen LogP contribution in [0.1, 0.15) is 24.3 Å². The van der Waals surface area contributed by atoms with Gasteiger partial charge < -0.3 is 24.6 Å². The van der Waals surface area contributed by atoms with E-state index in [4.69, 9.17) is 14.2 Å². The number of nitrogens with one attached hydrogen (secondary N) is 2. The summed E-state index contributed by atoms with van der Waals surface area (Å²) in [7, 11) is -2.37. The fourth-order valence-corrected chi connectivity index (χ4v) is 5.40. The minimum absolute atomic E-state index is 0.0607. The number of carbonyl (C=O) groups is 1. The van der Waals surface area contributed by atoms with Crippen LogP contribution in [0.3, 0.4) is 0 Å². The van der Waals surface area contributed by atoms with Crippen LogP contribution >= 0.6 is 0 Å². The fourth-order valence-electron chi connectivity index (χ4n) is 4.35. The smallest absolute Gasteiger partial charge is 0.261 e. The number of benzene rings is 2. The molecule has 4 rings (SSSR count). The van der Waals surface area contributed by atoms with Crippen LogP contribution in [0, 0.1) is 5.82 Å². The first-order chi connectivity index (χ1) is 16.3. The molecule has 0 unspecified atom stereocenters. The standard InChI is InChI=1S/C23H27FN2O7S/c1-31-9-8-25-22(28)12-16-11-19-18-10-15(4-7-20(18)33-23(19)21(13-27)32-16)26-34(29,30)17-5-2-14(24)3-6-17/h2-7,10,16,19,21,23,26-27H,8-9,11-13H2,1H3,(H,25,28)/t16-,19-,21+,23+/m0/s1. The number of hydrogen-bond acceptors (Lipinski definition) is 7. The van der Waals surface area contributed by atoms with Crippen molar-refractivity contribution in [1.82, 2.24) is 5.32 Å². The van der Waals surface area contributed by atoms with Crippen molar-refractivity contribution in [3.8, 4) is 5.75 Å². The number of aliphatic hydroxyl groups excluding tert-OH is 1. The molecule has 2 aliphatic rings. The number of fused-ring (bicyclic) bond motifs is 3. The monoisotopic (exact) mass is 494 g/mol. The predicted molar refractivity (Wildman–Crippen MR) is 121 cm³/mol. The highest BCUT2D eigenvalue weighted by Gasteiger charge is 2.46. The quantitative estimate of drug-likeness (QED) is 0.454. The lowest BCUT2D eigenvalue weighted by atomic mass is 9.84. The van der Waals surface area contributed by atoms with E-state index in [0.717, 1.165) is 17.7 Å². The third kappa shape index (κ3) is 5.33. The molecule has 0 saturated carbocycles. The van der Waals surface area contributed by atoms with Crippen LogP contribution < -0.4 is 14.8 Å². The molecular weight excluding hydrogens is 467 g/mol. The average molecular weight is 495 g/mol. The van der Waals surface area contributed by atoms with Gasteiger partial charge in [0.05, 0.1) is 30.6 Å². The minimum atomic E-state index is -3.92. The molecule has 2 aliphatic heterocycles. The van der Waals surface area contributed by atoms with Gasteiger partial charge in [0.15, 0.2) is 0 Å². The molecule has 184 valence electrons. The zero-order valence-electron chi connectivity index (χ0n) is 18.6. The highest BCUT2D eigenvalue weighted by Crippen LogP contribution is 2.47. The van der Waals surface area contributed by atoms with Crippen molar-refractivity contribution in [2.45, 2.75) is 42.0 Å². The number of carbonyl (C=O) groups excluding carboxylic acids is 1. The molecule has 2 aromatic rings. The molecule has 0 radical (unpaired) electrons. The summed E-state index contributed by atoms with van der Waals surface area (Å²) < 4.78 is 58.0. The molecule has 11 heteroatoms. The Morgan fingerprint density at radius 3 is 2.71 bits per heavy atom. The van der Waals surface area contributed by atoms with Crippen molar-refractivity contribution in [2.24, 2.45) is 0 Å². The molecule has 2 aromatic carbocycles. The molecule has 2 heterocycles. The molecular formula is C23H27FN2O7S. The summed E-state index contributed by atoms with van der Waals surface area (Å²) in [4.78, 5) is 12.2. The first kappa shape index (κ1) is 24.4. The summed E-state index contributed by atoms with van der Waals surface area (Å²) in [5, 5.41) is 12.6. The SMILES string of the molecule is COCCNC(=O)C[C@@H]1C[C@H]2c3cc(NS(=O)(=O)c4ccc(F)cc4)ccc3O[C@H]2[C@@H](CO)O1. The highest BCUT2D eigenvalue weighted by atomic mass is 32.2. The van der Waals surface area contributed by atoms with E-state index in [-0.39, 0.29) is 29.7 Å². The van der Waals surface area contributed by atoms with Crippen LogP contribution in [-0.4, -0.2) is 64.6 Å². The number of aliphatic hydroxyl groups is 1.